The summed E-state index contributed by atoms with van der Waals surface area (Å²) in [5.74, 6) is 1.77. The van der Waals surface area contributed by atoms with Crippen LogP contribution in [0.4, 0.5) is 5.69 Å². The molecule has 0 aliphatic rings. The van der Waals surface area contributed by atoms with Crippen molar-refractivity contribution in [2.24, 2.45) is 82.9 Å². The first-order valence-corrected chi connectivity index (χ1v) is 57.5. The number of unbranched alkanes of at least 4 members (excludes halogenated alkanes) is 5. The summed E-state index contributed by atoms with van der Waals surface area (Å²) in [4.78, 5) is 163. The maximum Gasteiger partial charge on any atom is 0.219 e. The molecule has 24 nitrogen and oxygen atoms in total. The predicted octanol–water partition coefficient (Wildman–Crippen LogP) is 23.6. The molecule has 0 aliphatic carbocycles. The minimum Gasteiger partial charge on any atom is -0.383 e. The summed E-state index contributed by atoms with van der Waals surface area (Å²) in [5, 5.41) is 33.7. The summed E-state index contributed by atoms with van der Waals surface area (Å²) < 4.78 is 0. The lowest BCUT2D eigenvalue weighted by molar-refractivity contribution is -0.133. The van der Waals surface area contributed by atoms with E-state index in [2.05, 4.69) is 178 Å². The van der Waals surface area contributed by atoms with Gasteiger partial charge in [0.2, 0.25) is 5.91 Å². The van der Waals surface area contributed by atoms with Gasteiger partial charge >= 0.3 is 0 Å². The van der Waals surface area contributed by atoms with E-state index in [0.29, 0.717) is 104 Å². The molecule has 0 radical (unpaired) electrons. The fourth-order valence-corrected chi connectivity index (χ4v) is 16.5. The van der Waals surface area contributed by atoms with Crippen LogP contribution in [0.5, 0.6) is 0 Å². The van der Waals surface area contributed by atoms with Gasteiger partial charge in [0.05, 0.1) is 37.3 Å². The van der Waals surface area contributed by atoms with Gasteiger partial charge in [-0.1, -0.05) is 309 Å². The van der Waals surface area contributed by atoms with Crippen LogP contribution in [0.3, 0.4) is 0 Å². The highest BCUT2D eigenvalue weighted by Crippen LogP contribution is 2.27. The Hall–Kier alpha value is -5.83. The number of benzene rings is 1. The molecular weight excluding hydrogens is 1820 g/mol. The second-order valence-electron chi connectivity index (χ2n) is 47.9. The molecule has 6 unspecified atom stereocenters. The molecule has 1 rings (SSSR count). The van der Waals surface area contributed by atoms with Crippen LogP contribution in [0.25, 0.3) is 0 Å². The van der Waals surface area contributed by atoms with Crippen LogP contribution < -0.4 is 53.2 Å². The maximum absolute atomic E-state index is 13.1. The van der Waals surface area contributed by atoms with Gasteiger partial charge in [0.25, 0.3) is 0 Å². The molecule has 10 N–H and O–H groups in total. The number of anilines is 1. The van der Waals surface area contributed by atoms with Crippen molar-refractivity contribution in [3.8, 4) is 0 Å². The number of hydrogen-bond donors (Lipinski definition) is 10. The maximum atomic E-state index is 13.1. The molecule has 7 atom stereocenters. The Bertz CT molecular complexity index is 3580. The molecule has 0 bridgehead atoms. The number of carbonyl (C=O) groups excluding carboxylic acids is 13. The zero-order valence-electron chi connectivity index (χ0n) is 101. The third kappa shape index (κ3) is 80.7. The molecule has 145 heavy (non-hydrogen) atoms. The Kier molecular flexibility index (Phi) is 87.2. The average molecular weight is 2050 g/mol. The molecular formula is C121H231N11O13. The lowest BCUT2D eigenvalue weighted by atomic mass is 9.84. The van der Waals surface area contributed by atoms with Crippen molar-refractivity contribution >= 4 is 81.0 Å². The van der Waals surface area contributed by atoms with Gasteiger partial charge in [0.15, 0.2) is 28.9 Å². The van der Waals surface area contributed by atoms with E-state index in [1.54, 1.807) is 6.07 Å². The summed E-state index contributed by atoms with van der Waals surface area (Å²) in [6, 6.07) is 8.77. The van der Waals surface area contributed by atoms with Crippen molar-refractivity contribution in [1.82, 2.24) is 52.8 Å². The van der Waals surface area contributed by atoms with Crippen LogP contribution in [-0.4, -0.2) is 211 Å². The Morgan fingerprint density at radius 2 is 0.621 bits per heavy atom. The fourth-order valence-electron chi connectivity index (χ4n) is 16.5. The third-order valence-electron chi connectivity index (χ3n) is 24.9. The van der Waals surface area contributed by atoms with Crippen molar-refractivity contribution < 1.29 is 62.3 Å². The van der Waals surface area contributed by atoms with Crippen LogP contribution in [0.1, 0.15) is 472 Å². The number of nitrogens with one attached hydrogen (secondary N) is 10. The quantitative estimate of drug-likeness (QED) is 0.0214. The molecule has 1 amide bonds. The molecule has 0 aliphatic heterocycles. The average Bonchev–Trinajstić information content (AvgIpc) is 0.818. The zero-order chi connectivity index (χ0) is 113. The summed E-state index contributed by atoms with van der Waals surface area (Å²) >= 11 is 0. The number of amides is 1. The van der Waals surface area contributed by atoms with E-state index in [9.17, 15) is 62.3 Å². The van der Waals surface area contributed by atoms with Gasteiger partial charge in [-0.2, -0.15) is 0 Å². The molecule has 1 aromatic rings. The first-order valence-electron chi connectivity index (χ1n) is 57.5. The van der Waals surface area contributed by atoms with Gasteiger partial charge in [0, 0.05) is 187 Å². The number of carbonyl (C=O) groups is 13. The van der Waals surface area contributed by atoms with Crippen molar-refractivity contribution in [1.29, 1.82) is 0 Å². The summed E-state index contributed by atoms with van der Waals surface area (Å²) in [5.41, 5.74) is 2.04. The Balaban J connectivity index is -0.000000546. The molecule has 0 saturated carbocycles. The molecule has 0 spiro atoms. The summed E-state index contributed by atoms with van der Waals surface area (Å²) in [7, 11) is 0. The Morgan fingerprint density at radius 3 is 0.986 bits per heavy atom. The molecule has 0 fully saturated rings. The molecule has 0 heterocycles. The summed E-state index contributed by atoms with van der Waals surface area (Å²) in [6.45, 7) is 89.7. The first kappa shape index (κ1) is 148. The van der Waals surface area contributed by atoms with E-state index in [1.807, 2.05) is 183 Å². The smallest absolute Gasteiger partial charge is 0.219 e. The molecule has 24 heteroatoms. The van der Waals surface area contributed by atoms with Crippen LogP contribution in [0.15, 0.2) is 18.2 Å². The topological polar surface area (TPSA) is 345 Å². The largest absolute Gasteiger partial charge is 0.383 e. The molecule has 0 aromatic heterocycles. The SMILES string of the molecule is CC(C)CCCCC(=O)NCCCCC(NC(C)C)C(=O)C(C)C.CC(C)C[C@H](CCCNC(C)C)NC(C)C.CC(C)NC(CCC(=O)CC(CCC(=O)C(C)C)C(=O)C(C)C)C(=O)C(C)C.CC(C)NCCCCC(C(=O)C(C)C)N(CC(=O)C(C)C)CC(=O)C(C)C.CC(C)NCCCCC(CC(=O)C(CCCCNC(C)C)NC(C)C)C(=O)C(C)C.CC(C)Nc1cc(C(=O)C(C)C)cc(C(=O)C(C)C)c1. The van der Waals surface area contributed by atoms with Crippen molar-refractivity contribution in [3.63, 3.8) is 0 Å². The highest BCUT2D eigenvalue weighted by atomic mass is 16.2. The minimum atomic E-state index is -0.410. The number of nitrogens with zero attached hydrogens (tertiary/aromatic N) is 1. The fraction of sp³-hybridized carbons (Fsp3) is 0.843. The van der Waals surface area contributed by atoms with Gasteiger partial charge in [-0.15, -0.1) is 0 Å². The van der Waals surface area contributed by atoms with E-state index in [-0.39, 0.29) is 209 Å². The summed E-state index contributed by atoms with van der Waals surface area (Å²) in [6.07, 6.45) is 20.9. The first-order chi connectivity index (χ1) is 67.2. The van der Waals surface area contributed by atoms with Crippen molar-refractivity contribution in [2.45, 2.75) is 536 Å². The number of rotatable bonds is 78. The van der Waals surface area contributed by atoms with Crippen LogP contribution >= 0.6 is 0 Å². The normalized spacial score (nSPS) is 13.3. The lowest BCUT2D eigenvalue weighted by Crippen LogP contribution is -2.49. The van der Waals surface area contributed by atoms with E-state index in [0.717, 1.165) is 121 Å². The van der Waals surface area contributed by atoms with Crippen molar-refractivity contribution in [2.75, 3.05) is 51.1 Å². The third-order valence-corrected chi connectivity index (χ3v) is 24.9. The molecule has 1 aromatic carbocycles. The standard InChI is InChI=1S/C25H51N3O2.C23H41NO4.C22H42N2O3.C20H40N2O2.C17H25NO2.C14H32N2/c1-18(2)25(30)22(13-9-11-15-26-19(3)4)17-24(29)23(28-21(7)8)14-10-12-16-27-20(5)6;1-14(2)21(26)12-9-18(22(27)15(3)4)13-19(25)10-11-20(24-17(7)8)23(28)16(5)6;1-15(2)20(25)13-24(14-21(26)16(3)4)19(22(27)17(5)6)11-9-10-12-23-18(7)8;1-15(2)11-7-8-13-19(23)21-14-10-9-12-18(22-17(5)6)20(24)16(3)4;1-10(2)16(19)13-7-14(17(20)11(3)4)9-15(8-13)18-12(5)6;1-11(2)10-14(16-13(5)6)8-7-9-15-12(3)4/h18-23,26-28H,9-17H2,1-8H3;14-18,20,24H,9-13H2,1-8H3;15-19,23H,9-14H2,1-8H3;15-18,22H,7-14H2,1-6H3,(H,21,23);7-12,18H,1-6H3;11-16H,7-10H2,1-6H3/t;;;;;14-/m.....0/s1. The highest BCUT2D eigenvalue weighted by molar-refractivity contribution is 6.04. The second-order valence-corrected chi connectivity index (χ2v) is 47.9. The van der Waals surface area contributed by atoms with Crippen LogP contribution in [0.2, 0.25) is 0 Å². The lowest BCUT2D eigenvalue weighted by Gasteiger charge is -2.32. The minimum absolute atomic E-state index is 0.0110. The zero-order valence-corrected chi connectivity index (χ0v) is 101. The van der Waals surface area contributed by atoms with Crippen LogP contribution in [-0.2, 0) is 52.7 Å². The van der Waals surface area contributed by atoms with E-state index < -0.39 is 5.92 Å². The Morgan fingerprint density at radius 1 is 0.262 bits per heavy atom. The number of Topliss-reactive ketones (excluding diaryl/α,β-unsaturated/α-hetero) is 12. The van der Waals surface area contributed by atoms with Crippen molar-refractivity contribution in [3.05, 3.63) is 29.3 Å². The van der Waals surface area contributed by atoms with Gasteiger partial charge in [-0.3, -0.25) is 67.2 Å². The van der Waals surface area contributed by atoms with Gasteiger partial charge in [0.1, 0.15) is 40.5 Å². The number of hydrogen-bond acceptors (Lipinski definition) is 23. The number of ketones is 12. The van der Waals surface area contributed by atoms with E-state index in [1.165, 1.54) is 25.7 Å². The van der Waals surface area contributed by atoms with E-state index in [4.69, 9.17) is 0 Å². The monoisotopic (exact) mass is 2050 g/mol. The van der Waals surface area contributed by atoms with E-state index >= 15 is 0 Å². The van der Waals surface area contributed by atoms with Gasteiger partial charge < -0.3 is 53.2 Å². The predicted molar refractivity (Wildman–Crippen MR) is 614 cm³/mol. The second kappa shape index (κ2) is 85.7. The van der Waals surface area contributed by atoms with Crippen LogP contribution in [0, 0.1) is 82.9 Å². The molecule has 0 saturated heterocycles. The molecule has 848 valence electrons. The Labute approximate surface area is 890 Å². The van der Waals surface area contributed by atoms with Gasteiger partial charge in [-0.05, 0) is 166 Å². The van der Waals surface area contributed by atoms with Gasteiger partial charge in [-0.25, -0.2) is 0 Å². The highest BCUT2D eigenvalue weighted by Gasteiger charge is 2.34.